The number of carbonyl (C=O) groups excluding carboxylic acids is 1. The lowest BCUT2D eigenvalue weighted by atomic mass is 10.1. The summed E-state index contributed by atoms with van der Waals surface area (Å²) in [7, 11) is 0. The molecule has 0 aliphatic heterocycles. The molecule has 1 amide bonds. The highest BCUT2D eigenvalue weighted by Crippen LogP contribution is 2.26. The van der Waals surface area contributed by atoms with Gasteiger partial charge in [0.05, 0.1) is 17.4 Å². The lowest BCUT2D eigenvalue weighted by molar-refractivity contribution is 0.0995. The predicted octanol–water partition coefficient (Wildman–Crippen LogP) is 1.15. The van der Waals surface area contributed by atoms with Gasteiger partial charge in [0.25, 0.3) is 5.91 Å². The van der Waals surface area contributed by atoms with Crippen molar-refractivity contribution in [2.45, 2.75) is 20.0 Å². The highest BCUT2D eigenvalue weighted by atomic mass is 16.5. The first-order chi connectivity index (χ1) is 6.52. The highest BCUT2D eigenvalue weighted by Gasteiger charge is 2.13. The van der Waals surface area contributed by atoms with Gasteiger partial charge in [0.2, 0.25) is 0 Å². The van der Waals surface area contributed by atoms with E-state index in [0.29, 0.717) is 17.0 Å². The Kier molecular flexibility index (Phi) is 2.96. The minimum atomic E-state index is -0.534. The molecule has 0 saturated carbocycles. The van der Waals surface area contributed by atoms with Crippen LogP contribution in [-0.2, 0) is 0 Å². The molecule has 0 atom stereocenters. The van der Waals surface area contributed by atoms with Gasteiger partial charge < -0.3 is 16.2 Å². The Hall–Kier alpha value is -1.71. The first kappa shape index (κ1) is 10.4. The van der Waals surface area contributed by atoms with Crippen LogP contribution in [0.25, 0.3) is 0 Å². The highest BCUT2D eigenvalue weighted by molar-refractivity contribution is 5.97. The molecule has 0 aliphatic carbocycles. The van der Waals surface area contributed by atoms with Crippen LogP contribution in [-0.4, -0.2) is 12.0 Å². The molecule has 0 aromatic heterocycles. The summed E-state index contributed by atoms with van der Waals surface area (Å²) in [6, 6.07) is 4.93. The molecule has 14 heavy (non-hydrogen) atoms. The van der Waals surface area contributed by atoms with E-state index in [-0.39, 0.29) is 6.10 Å². The Labute approximate surface area is 82.8 Å². The van der Waals surface area contributed by atoms with Crippen molar-refractivity contribution >= 4 is 11.6 Å². The largest absolute Gasteiger partial charge is 0.488 e. The number of amides is 1. The van der Waals surface area contributed by atoms with Gasteiger partial charge in [-0.3, -0.25) is 4.79 Å². The van der Waals surface area contributed by atoms with E-state index in [9.17, 15) is 4.79 Å². The van der Waals surface area contributed by atoms with Gasteiger partial charge >= 0.3 is 0 Å². The Morgan fingerprint density at radius 3 is 2.57 bits per heavy atom. The van der Waals surface area contributed by atoms with Crippen LogP contribution in [0.1, 0.15) is 24.2 Å². The second kappa shape index (κ2) is 4.00. The summed E-state index contributed by atoms with van der Waals surface area (Å²) in [6.07, 6.45) is -0.0437. The standard InChI is InChI=1S/C10H14N2O2/c1-6(2)14-9-7(10(12)13)4-3-5-8(9)11/h3-6H,11H2,1-2H3,(H2,12,13). The molecule has 0 radical (unpaired) electrons. The normalized spacial score (nSPS) is 10.2. The average Bonchev–Trinajstić information content (AvgIpc) is 2.07. The number of hydrogen-bond donors (Lipinski definition) is 2. The summed E-state index contributed by atoms with van der Waals surface area (Å²) in [5.41, 5.74) is 11.6. The summed E-state index contributed by atoms with van der Waals surface area (Å²) >= 11 is 0. The molecule has 4 nitrogen and oxygen atoms in total. The van der Waals surface area contributed by atoms with Crippen LogP contribution in [0.15, 0.2) is 18.2 Å². The first-order valence-corrected chi connectivity index (χ1v) is 4.37. The molecule has 1 aromatic rings. The van der Waals surface area contributed by atoms with Crippen LogP contribution in [0.5, 0.6) is 5.75 Å². The maximum absolute atomic E-state index is 11.0. The number of nitrogen functional groups attached to an aromatic ring is 1. The zero-order valence-corrected chi connectivity index (χ0v) is 8.28. The fraction of sp³-hybridized carbons (Fsp3) is 0.300. The maximum Gasteiger partial charge on any atom is 0.252 e. The zero-order chi connectivity index (χ0) is 10.7. The summed E-state index contributed by atoms with van der Waals surface area (Å²) < 4.78 is 5.41. The molecule has 4 heteroatoms. The summed E-state index contributed by atoms with van der Waals surface area (Å²) in [6.45, 7) is 3.72. The van der Waals surface area contributed by atoms with Crippen molar-refractivity contribution in [3.05, 3.63) is 23.8 Å². The molecular formula is C10H14N2O2. The number of anilines is 1. The van der Waals surface area contributed by atoms with E-state index in [1.807, 2.05) is 13.8 Å². The van der Waals surface area contributed by atoms with Crippen LogP contribution < -0.4 is 16.2 Å². The third-order valence-electron chi connectivity index (χ3n) is 1.66. The summed E-state index contributed by atoms with van der Waals surface area (Å²) in [5, 5.41) is 0. The quantitative estimate of drug-likeness (QED) is 0.708. The molecule has 0 bridgehead atoms. The number of benzene rings is 1. The molecular weight excluding hydrogens is 180 g/mol. The van der Waals surface area contributed by atoms with Gasteiger partial charge in [-0.1, -0.05) is 6.07 Å². The molecule has 0 fully saturated rings. The zero-order valence-electron chi connectivity index (χ0n) is 8.28. The monoisotopic (exact) mass is 194 g/mol. The van der Waals surface area contributed by atoms with Crippen molar-refractivity contribution in [2.24, 2.45) is 5.73 Å². The third kappa shape index (κ3) is 2.16. The van der Waals surface area contributed by atoms with E-state index in [4.69, 9.17) is 16.2 Å². The molecule has 1 rings (SSSR count). The number of primary amides is 1. The molecule has 1 aromatic carbocycles. The van der Waals surface area contributed by atoms with Gasteiger partial charge in [-0.05, 0) is 26.0 Å². The number of ether oxygens (including phenoxy) is 1. The van der Waals surface area contributed by atoms with Crippen molar-refractivity contribution in [1.82, 2.24) is 0 Å². The predicted molar refractivity (Wildman–Crippen MR) is 55.1 cm³/mol. The molecule has 0 aliphatic rings. The van der Waals surface area contributed by atoms with E-state index < -0.39 is 5.91 Å². The number of nitrogens with two attached hydrogens (primary N) is 2. The van der Waals surface area contributed by atoms with Gasteiger partial charge in [-0.2, -0.15) is 0 Å². The van der Waals surface area contributed by atoms with Crippen molar-refractivity contribution in [1.29, 1.82) is 0 Å². The molecule has 76 valence electrons. The Morgan fingerprint density at radius 1 is 1.43 bits per heavy atom. The van der Waals surface area contributed by atoms with Crippen molar-refractivity contribution < 1.29 is 9.53 Å². The SMILES string of the molecule is CC(C)Oc1c(N)cccc1C(N)=O. The van der Waals surface area contributed by atoms with E-state index in [2.05, 4.69) is 0 Å². The average molecular weight is 194 g/mol. The number of para-hydroxylation sites is 1. The topological polar surface area (TPSA) is 78.3 Å². The Balaban J connectivity index is 3.15. The van der Waals surface area contributed by atoms with E-state index in [0.717, 1.165) is 0 Å². The van der Waals surface area contributed by atoms with Crippen LogP contribution in [0.3, 0.4) is 0 Å². The van der Waals surface area contributed by atoms with E-state index in [1.54, 1.807) is 18.2 Å². The van der Waals surface area contributed by atoms with Gasteiger partial charge in [0.15, 0.2) is 5.75 Å². The summed E-state index contributed by atoms with van der Waals surface area (Å²) in [4.78, 5) is 11.0. The van der Waals surface area contributed by atoms with Crippen LogP contribution in [0.2, 0.25) is 0 Å². The van der Waals surface area contributed by atoms with Gasteiger partial charge in [-0.15, -0.1) is 0 Å². The van der Waals surface area contributed by atoms with E-state index in [1.165, 1.54) is 0 Å². The maximum atomic E-state index is 11.0. The van der Waals surface area contributed by atoms with Crippen molar-refractivity contribution in [2.75, 3.05) is 5.73 Å². The molecule has 0 unspecified atom stereocenters. The Morgan fingerprint density at radius 2 is 2.07 bits per heavy atom. The minimum Gasteiger partial charge on any atom is -0.488 e. The third-order valence-corrected chi connectivity index (χ3v) is 1.66. The number of rotatable bonds is 3. The van der Waals surface area contributed by atoms with Crippen LogP contribution >= 0.6 is 0 Å². The molecule has 4 N–H and O–H groups in total. The van der Waals surface area contributed by atoms with Gasteiger partial charge in [0, 0.05) is 0 Å². The number of hydrogen-bond acceptors (Lipinski definition) is 3. The van der Waals surface area contributed by atoms with Crippen LogP contribution in [0, 0.1) is 0 Å². The minimum absolute atomic E-state index is 0.0437. The second-order valence-electron chi connectivity index (χ2n) is 3.25. The smallest absolute Gasteiger partial charge is 0.252 e. The fourth-order valence-corrected chi connectivity index (χ4v) is 1.12. The summed E-state index contributed by atoms with van der Waals surface area (Å²) in [5.74, 6) is -0.164. The van der Waals surface area contributed by atoms with Gasteiger partial charge in [0.1, 0.15) is 0 Å². The Bertz CT molecular complexity index is 348. The van der Waals surface area contributed by atoms with Gasteiger partial charge in [-0.25, -0.2) is 0 Å². The lowest BCUT2D eigenvalue weighted by Crippen LogP contribution is -2.16. The number of carbonyl (C=O) groups is 1. The van der Waals surface area contributed by atoms with Crippen molar-refractivity contribution in [3.8, 4) is 5.75 Å². The first-order valence-electron chi connectivity index (χ1n) is 4.37. The van der Waals surface area contributed by atoms with Crippen molar-refractivity contribution in [3.63, 3.8) is 0 Å². The lowest BCUT2D eigenvalue weighted by Gasteiger charge is -2.14. The fourth-order valence-electron chi connectivity index (χ4n) is 1.12. The van der Waals surface area contributed by atoms with Crippen LogP contribution in [0.4, 0.5) is 5.69 Å². The molecule has 0 saturated heterocycles. The second-order valence-corrected chi connectivity index (χ2v) is 3.25. The molecule has 0 heterocycles. The molecule has 0 spiro atoms. The van der Waals surface area contributed by atoms with E-state index >= 15 is 0 Å².